The molecule has 0 bridgehead atoms. The van der Waals surface area contributed by atoms with Crippen LogP contribution in [0.1, 0.15) is 58.7 Å². The average Bonchev–Trinajstić information content (AvgIpc) is 2.76. The number of aromatic nitrogens is 3. The molecule has 2 rings (SSSR count). The number of nitrogens with one attached hydrogen (secondary N) is 1. The summed E-state index contributed by atoms with van der Waals surface area (Å²) in [4.78, 5) is 4.48. The monoisotopic (exact) mass is 278 g/mol. The van der Waals surface area contributed by atoms with Crippen molar-refractivity contribution in [1.82, 2.24) is 20.1 Å². The average molecular weight is 278 g/mol. The van der Waals surface area contributed by atoms with Gasteiger partial charge in [0.25, 0.3) is 0 Å². The third kappa shape index (κ3) is 4.58. The molecule has 0 spiro atoms. The fraction of sp³-hybridized carbons (Fsp3) is 0.875. The van der Waals surface area contributed by atoms with Gasteiger partial charge in [0.1, 0.15) is 12.2 Å². The molecule has 20 heavy (non-hydrogen) atoms. The minimum atomic E-state index is 0.565. The van der Waals surface area contributed by atoms with Gasteiger partial charge in [-0.1, -0.05) is 40.0 Å². The van der Waals surface area contributed by atoms with Crippen LogP contribution in [0.25, 0.3) is 0 Å². The highest BCUT2D eigenvalue weighted by atomic mass is 15.3. The Morgan fingerprint density at radius 2 is 2.20 bits per heavy atom. The summed E-state index contributed by atoms with van der Waals surface area (Å²) in [7, 11) is 0. The SMILES string of the molecule is CCCNC(Cc1ncnn1CC(C)C)CC1CCC1. The highest BCUT2D eigenvalue weighted by molar-refractivity contribution is 4.91. The van der Waals surface area contributed by atoms with E-state index in [1.807, 2.05) is 0 Å². The summed E-state index contributed by atoms with van der Waals surface area (Å²) in [5.74, 6) is 2.70. The normalized spacial score (nSPS) is 17.4. The first kappa shape index (κ1) is 15.5. The van der Waals surface area contributed by atoms with Crippen molar-refractivity contribution >= 4 is 0 Å². The molecule has 0 aliphatic heterocycles. The van der Waals surface area contributed by atoms with Crippen molar-refractivity contribution in [3.05, 3.63) is 12.2 Å². The maximum atomic E-state index is 4.48. The van der Waals surface area contributed by atoms with E-state index >= 15 is 0 Å². The Kier molecular flexibility index (Phi) is 6.02. The van der Waals surface area contributed by atoms with Gasteiger partial charge in [0.15, 0.2) is 0 Å². The first-order valence-corrected chi connectivity index (χ1v) is 8.29. The zero-order valence-electron chi connectivity index (χ0n) is 13.3. The third-order valence-corrected chi connectivity index (χ3v) is 4.19. The maximum Gasteiger partial charge on any atom is 0.138 e. The molecule has 1 aromatic rings. The molecule has 1 aromatic heterocycles. The van der Waals surface area contributed by atoms with E-state index in [0.29, 0.717) is 12.0 Å². The Bertz CT molecular complexity index is 382. The first-order chi connectivity index (χ1) is 9.69. The Balaban J connectivity index is 1.92. The number of hydrogen-bond acceptors (Lipinski definition) is 3. The smallest absolute Gasteiger partial charge is 0.138 e. The van der Waals surface area contributed by atoms with Crippen molar-refractivity contribution in [3.63, 3.8) is 0 Å². The van der Waals surface area contributed by atoms with Gasteiger partial charge in [-0.2, -0.15) is 5.10 Å². The van der Waals surface area contributed by atoms with Crippen molar-refractivity contribution < 1.29 is 0 Å². The molecule has 0 radical (unpaired) electrons. The zero-order valence-corrected chi connectivity index (χ0v) is 13.3. The summed E-state index contributed by atoms with van der Waals surface area (Å²) < 4.78 is 2.09. The van der Waals surface area contributed by atoms with Gasteiger partial charge >= 0.3 is 0 Å². The molecule has 0 saturated heterocycles. The van der Waals surface area contributed by atoms with Crippen LogP contribution in [-0.4, -0.2) is 27.4 Å². The topological polar surface area (TPSA) is 42.7 Å². The lowest BCUT2D eigenvalue weighted by Crippen LogP contribution is -2.36. The van der Waals surface area contributed by atoms with Crippen LogP contribution in [0.4, 0.5) is 0 Å². The molecule has 1 heterocycles. The fourth-order valence-corrected chi connectivity index (χ4v) is 2.88. The van der Waals surface area contributed by atoms with Gasteiger partial charge in [-0.25, -0.2) is 9.67 Å². The van der Waals surface area contributed by atoms with Crippen LogP contribution >= 0.6 is 0 Å². The van der Waals surface area contributed by atoms with Crippen LogP contribution in [0.3, 0.4) is 0 Å². The Morgan fingerprint density at radius 1 is 1.40 bits per heavy atom. The Hall–Kier alpha value is -0.900. The lowest BCUT2D eigenvalue weighted by atomic mass is 9.80. The summed E-state index contributed by atoms with van der Waals surface area (Å²) in [6, 6.07) is 0.565. The van der Waals surface area contributed by atoms with E-state index in [4.69, 9.17) is 0 Å². The van der Waals surface area contributed by atoms with Crippen LogP contribution < -0.4 is 5.32 Å². The lowest BCUT2D eigenvalue weighted by Gasteiger charge is -2.30. The predicted molar refractivity (Wildman–Crippen MR) is 82.6 cm³/mol. The standard InChI is InChI=1S/C16H30N4/c1-4-8-17-15(9-14-6-5-7-14)10-16-18-12-19-20(16)11-13(2)3/h12-15,17H,4-11H2,1-3H3. The molecule has 1 fully saturated rings. The van der Waals surface area contributed by atoms with Crippen molar-refractivity contribution in [2.75, 3.05) is 6.54 Å². The number of hydrogen-bond donors (Lipinski definition) is 1. The molecule has 0 amide bonds. The van der Waals surface area contributed by atoms with Crippen LogP contribution in [0.15, 0.2) is 6.33 Å². The van der Waals surface area contributed by atoms with Crippen molar-refractivity contribution in [2.24, 2.45) is 11.8 Å². The lowest BCUT2D eigenvalue weighted by molar-refractivity contribution is 0.256. The minimum Gasteiger partial charge on any atom is -0.314 e. The molecule has 1 saturated carbocycles. The van der Waals surface area contributed by atoms with E-state index < -0.39 is 0 Å². The predicted octanol–water partition coefficient (Wildman–Crippen LogP) is 3.04. The maximum absolute atomic E-state index is 4.48. The molecule has 114 valence electrons. The fourth-order valence-electron chi connectivity index (χ4n) is 2.88. The molecule has 0 aromatic carbocycles. The van der Waals surface area contributed by atoms with Gasteiger partial charge in [0, 0.05) is 19.0 Å². The highest BCUT2D eigenvalue weighted by Gasteiger charge is 2.23. The number of nitrogens with zero attached hydrogens (tertiary/aromatic N) is 3. The summed E-state index contributed by atoms with van der Waals surface area (Å²) in [6.45, 7) is 8.77. The van der Waals surface area contributed by atoms with Crippen molar-refractivity contribution in [3.8, 4) is 0 Å². The molecule has 1 atom stereocenters. The second-order valence-electron chi connectivity index (χ2n) is 6.64. The molecule has 4 heteroatoms. The summed E-state index contributed by atoms with van der Waals surface area (Å²) >= 11 is 0. The Morgan fingerprint density at radius 3 is 2.80 bits per heavy atom. The molecule has 1 aliphatic rings. The van der Waals surface area contributed by atoms with Gasteiger partial charge in [-0.3, -0.25) is 0 Å². The molecular formula is C16H30N4. The van der Waals surface area contributed by atoms with Crippen LogP contribution in [-0.2, 0) is 13.0 Å². The van der Waals surface area contributed by atoms with Gasteiger partial charge < -0.3 is 5.32 Å². The molecule has 1 aliphatic carbocycles. The van der Waals surface area contributed by atoms with E-state index in [9.17, 15) is 0 Å². The molecule has 1 unspecified atom stereocenters. The van der Waals surface area contributed by atoms with Crippen LogP contribution in [0, 0.1) is 11.8 Å². The summed E-state index contributed by atoms with van der Waals surface area (Å²) in [6.07, 6.45) is 9.48. The van der Waals surface area contributed by atoms with Gasteiger partial charge in [-0.15, -0.1) is 0 Å². The minimum absolute atomic E-state index is 0.565. The quantitative estimate of drug-likeness (QED) is 0.755. The van der Waals surface area contributed by atoms with E-state index in [1.165, 1.54) is 32.1 Å². The van der Waals surface area contributed by atoms with Crippen molar-refractivity contribution in [1.29, 1.82) is 0 Å². The van der Waals surface area contributed by atoms with Crippen LogP contribution in [0.2, 0.25) is 0 Å². The Labute approximate surface area is 123 Å². The van der Waals surface area contributed by atoms with Gasteiger partial charge in [0.05, 0.1) is 0 Å². The molecule has 4 nitrogen and oxygen atoms in total. The highest BCUT2D eigenvalue weighted by Crippen LogP contribution is 2.31. The van der Waals surface area contributed by atoms with E-state index in [1.54, 1.807) is 6.33 Å². The molecule has 1 N–H and O–H groups in total. The van der Waals surface area contributed by atoms with Crippen molar-refractivity contribution in [2.45, 2.75) is 71.9 Å². The largest absolute Gasteiger partial charge is 0.314 e. The zero-order chi connectivity index (χ0) is 14.4. The van der Waals surface area contributed by atoms with E-state index in [-0.39, 0.29) is 0 Å². The van der Waals surface area contributed by atoms with Crippen LogP contribution in [0.5, 0.6) is 0 Å². The number of rotatable bonds is 9. The summed E-state index contributed by atoms with van der Waals surface area (Å²) in [5.41, 5.74) is 0. The third-order valence-electron chi connectivity index (χ3n) is 4.19. The molecular weight excluding hydrogens is 248 g/mol. The van der Waals surface area contributed by atoms with Gasteiger partial charge in [0.2, 0.25) is 0 Å². The van der Waals surface area contributed by atoms with E-state index in [0.717, 1.165) is 31.3 Å². The summed E-state index contributed by atoms with van der Waals surface area (Å²) in [5, 5.41) is 8.09. The second-order valence-corrected chi connectivity index (χ2v) is 6.64. The first-order valence-electron chi connectivity index (χ1n) is 8.29. The second kappa shape index (κ2) is 7.77. The van der Waals surface area contributed by atoms with E-state index in [2.05, 4.69) is 40.9 Å². The van der Waals surface area contributed by atoms with Gasteiger partial charge in [-0.05, 0) is 31.2 Å².